The Bertz CT molecular complexity index is 714. The fourth-order valence-corrected chi connectivity index (χ4v) is 2.20. The third kappa shape index (κ3) is 3.85. The van der Waals surface area contributed by atoms with Crippen LogP contribution in [0.2, 0.25) is 0 Å². The standard InChI is InChI=1S/C17H18N2O4/c1-12(13-7-5-4-6-8-13)23-17(20)14-9-10-15(18(2)3)16(11-14)19(21)22/h4-12H,1-3H3/t12-/m1/s1. The zero-order valence-electron chi connectivity index (χ0n) is 13.2. The lowest BCUT2D eigenvalue weighted by Crippen LogP contribution is -2.13. The SMILES string of the molecule is C[C@@H](OC(=O)c1ccc(N(C)C)c([N+](=O)[O-])c1)c1ccccc1. The molecule has 0 bridgehead atoms. The third-order valence-electron chi connectivity index (χ3n) is 3.44. The van der Waals surface area contributed by atoms with Crippen molar-refractivity contribution >= 4 is 17.3 Å². The minimum Gasteiger partial charge on any atom is -0.454 e. The molecule has 0 N–H and O–H groups in total. The first kappa shape index (κ1) is 16.5. The first-order valence-corrected chi connectivity index (χ1v) is 7.12. The highest BCUT2D eigenvalue weighted by Gasteiger charge is 2.21. The summed E-state index contributed by atoms with van der Waals surface area (Å²) >= 11 is 0. The molecule has 0 spiro atoms. The maximum Gasteiger partial charge on any atom is 0.338 e. The smallest absolute Gasteiger partial charge is 0.338 e. The molecule has 0 aromatic heterocycles. The highest BCUT2D eigenvalue weighted by Crippen LogP contribution is 2.28. The zero-order valence-corrected chi connectivity index (χ0v) is 13.2. The summed E-state index contributed by atoms with van der Waals surface area (Å²) < 4.78 is 5.38. The summed E-state index contributed by atoms with van der Waals surface area (Å²) in [5, 5.41) is 11.2. The van der Waals surface area contributed by atoms with Crippen molar-refractivity contribution in [3.63, 3.8) is 0 Å². The second-order valence-corrected chi connectivity index (χ2v) is 5.31. The van der Waals surface area contributed by atoms with Crippen LogP contribution in [0.4, 0.5) is 11.4 Å². The number of benzene rings is 2. The van der Waals surface area contributed by atoms with Crippen LogP contribution < -0.4 is 4.90 Å². The number of ether oxygens (including phenoxy) is 1. The van der Waals surface area contributed by atoms with E-state index in [1.807, 2.05) is 30.3 Å². The molecule has 0 unspecified atom stereocenters. The molecule has 0 radical (unpaired) electrons. The van der Waals surface area contributed by atoms with E-state index in [0.717, 1.165) is 5.56 Å². The van der Waals surface area contributed by atoms with E-state index >= 15 is 0 Å². The zero-order chi connectivity index (χ0) is 17.0. The Hall–Kier alpha value is -2.89. The van der Waals surface area contributed by atoms with Crippen LogP contribution in [0.5, 0.6) is 0 Å². The molecule has 0 saturated heterocycles. The van der Waals surface area contributed by atoms with Crippen LogP contribution in [0.3, 0.4) is 0 Å². The molecular weight excluding hydrogens is 296 g/mol. The number of nitro groups is 1. The van der Waals surface area contributed by atoms with Crippen molar-refractivity contribution in [3.05, 3.63) is 69.8 Å². The molecule has 0 aliphatic carbocycles. The molecule has 0 saturated carbocycles. The highest BCUT2D eigenvalue weighted by atomic mass is 16.6. The third-order valence-corrected chi connectivity index (χ3v) is 3.44. The second-order valence-electron chi connectivity index (χ2n) is 5.31. The van der Waals surface area contributed by atoms with Crippen LogP contribution in [0.1, 0.15) is 28.9 Å². The van der Waals surface area contributed by atoms with E-state index in [9.17, 15) is 14.9 Å². The molecule has 0 fully saturated rings. The van der Waals surface area contributed by atoms with Crippen molar-refractivity contribution in [3.8, 4) is 0 Å². The first-order chi connectivity index (χ1) is 10.9. The van der Waals surface area contributed by atoms with Gasteiger partial charge in [0, 0.05) is 20.2 Å². The van der Waals surface area contributed by atoms with Gasteiger partial charge in [0.15, 0.2) is 0 Å². The maximum atomic E-state index is 12.2. The van der Waals surface area contributed by atoms with E-state index in [1.54, 1.807) is 32.0 Å². The molecule has 2 aromatic carbocycles. The predicted molar refractivity (Wildman–Crippen MR) is 87.7 cm³/mol. The van der Waals surface area contributed by atoms with Crippen molar-refractivity contribution in [1.82, 2.24) is 0 Å². The Morgan fingerprint density at radius 3 is 2.39 bits per heavy atom. The number of esters is 1. The minimum absolute atomic E-state index is 0.128. The average molecular weight is 314 g/mol. The number of carbonyl (C=O) groups excluding carboxylic acids is 1. The fraction of sp³-hybridized carbons (Fsp3) is 0.235. The van der Waals surface area contributed by atoms with E-state index < -0.39 is 17.0 Å². The summed E-state index contributed by atoms with van der Waals surface area (Å²) in [6.45, 7) is 1.76. The molecule has 2 rings (SSSR count). The number of hydrogen-bond acceptors (Lipinski definition) is 5. The Morgan fingerprint density at radius 1 is 1.17 bits per heavy atom. The number of nitrogens with zero attached hydrogens (tertiary/aromatic N) is 2. The Labute approximate surface area is 134 Å². The van der Waals surface area contributed by atoms with Crippen molar-refractivity contribution < 1.29 is 14.5 Å². The maximum absolute atomic E-state index is 12.2. The van der Waals surface area contributed by atoms with Gasteiger partial charge in [-0.25, -0.2) is 4.79 Å². The van der Waals surface area contributed by atoms with Gasteiger partial charge in [-0.1, -0.05) is 30.3 Å². The summed E-state index contributed by atoms with van der Waals surface area (Å²) in [4.78, 5) is 24.5. The van der Waals surface area contributed by atoms with E-state index in [4.69, 9.17) is 4.74 Å². The molecule has 0 aliphatic heterocycles. The van der Waals surface area contributed by atoms with Crippen LogP contribution >= 0.6 is 0 Å². The molecular formula is C17H18N2O4. The van der Waals surface area contributed by atoms with E-state index in [1.165, 1.54) is 12.1 Å². The van der Waals surface area contributed by atoms with Gasteiger partial charge < -0.3 is 9.64 Å². The number of hydrogen-bond donors (Lipinski definition) is 0. The van der Waals surface area contributed by atoms with Crippen LogP contribution in [-0.4, -0.2) is 25.0 Å². The van der Waals surface area contributed by atoms with Crippen LogP contribution in [0, 0.1) is 10.1 Å². The Balaban J connectivity index is 2.23. The molecule has 6 heteroatoms. The monoisotopic (exact) mass is 314 g/mol. The lowest BCUT2D eigenvalue weighted by molar-refractivity contribution is -0.384. The lowest BCUT2D eigenvalue weighted by atomic mass is 10.1. The van der Waals surface area contributed by atoms with Crippen LogP contribution in [0.25, 0.3) is 0 Å². The topological polar surface area (TPSA) is 72.7 Å². The normalized spacial score (nSPS) is 11.6. The molecule has 0 aliphatic rings. The summed E-state index contributed by atoms with van der Waals surface area (Å²) in [5.74, 6) is -0.588. The number of carbonyl (C=O) groups is 1. The van der Waals surface area contributed by atoms with E-state index in [0.29, 0.717) is 5.69 Å². The van der Waals surface area contributed by atoms with Gasteiger partial charge in [-0.3, -0.25) is 10.1 Å². The average Bonchev–Trinajstić information content (AvgIpc) is 2.54. The Kier molecular flexibility index (Phi) is 4.95. The summed E-state index contributed by atoms with van der Waals surface area (Å²) in [6, 6.07) is 13.6. The molecule has 1 atom stereocenters. The molecule has 0 heterocycles. The highest BCUT2D eigenvalue weighted by molar-refractivity contribution is 5.91. The lowest BCUT2D eigenvalue weighted by Gasteiger charge is -2.15. The number of rotatable bonds is 5. The second kappa shape index (κ2) is 6.91. The van der Waals surface area contributed by atoms with E-state index in [-0.39, 0.29) is 11.3 Å². The molecule has 23 heavy (non-hydrogen) atoms. The Morgan fingerprint density at radius 2 is 1.83 bits per heavy atom. The summed E-state index contributed by atoms with van der Waals surface area (Å²) in [6.07, 6.45) is -0.434. The molecule has 6 nitrogen and oxygen atoms in total. The minimum atomic E-state index is -0.588. The molecule has 120 valence electrons. The summed E-state index contributed by atoms with van der Waals surface area (Å²) in [5.41, 5.74) is 1.32. The quantitative estimate of drug-likeness (QED) is 0.479. The van der Waals surface area contributed by atoms with Crippen LogP contribution in [-0.2, 0) is 4.74 Å². The molecule has 0 amide bonds. The van der Waals surface area contributed by atoms with E-state index in [2.05, 4.69) is 0 Å². The van der Waals surface area contributed by atoms with Crippen molar-refractivity contribution in [2.24, 2.45) is 0 Å². The summed E-state index contributed by atoms with van der Waals surface area (Å²) in [7, 11) is 3.41. The van der Waals surface area contributed by atoms with Gasteiger partial charge in [0.1, 0.15) is 11.8 Å². The van der Waals surface area contributed by atoms with Gasteiger partial charge in [0.05, 0.1) is 10.5 Å². The van der Waals surface area contributed by atoms with Crippen molar-refractivity contribution in [1.29, 1.82) is 0 Å². The van der Waals surface area contributed by atoms with Gasteiger partial charge in [0.2, 0.25) is 0 Å². The van der Waals surface area contributed by atoms with Gasteiger partial charge in [-0.05, 0) is 24.6 Å². The van der Waals surface area contributed by atoms with Crippen molar-refractivity contribution in [2.45, 2.75) is 13.0 Å². The predicted octanol–water partition coefficient (Wildman–Crippen LogP) is 3.58. The fourth-order valence-electron chi connectivity index (χ4n) is 2.20. The molecule has 2 aromatic rings. The largest absolute Gasteiger partial charge is 0.454 e. The number of nitro benzene ring substituents is 1. The first-order valence-electron chi connectivity index (χ1n) is 7.12. The van der Waals surface area contributed by atoms with Gasteiger partial charge in [-0.2, -0.15) is 0 Å². The van der Waals surface area contributed by atoms with Gasteiger partial charge in [0.25, 0.3) is 5.69 Å². The van der Waals surface area contributed by atoms with Gasteiger partial charge in [-0.15, -0.1) is 0 Å². The van der Waals surface area contributed by atoms with Gasteiger partial charge >= 0.3 is 5.97 Å². The van der Waals surface area contributed by atoms with Crippen LogP contribution in [0.15, 0.2) is 48.5 Å². The van der Waals surface area contributed by atoms with Crippen molar-refractivity contribution in [2.75, 3.05) is 19.0 Å². The number of anilines is 1.